The molecule has 0 atom stereocenters. The maximum atomic E-state index is 17.7. The molecule has 0 radical (unpaired) electrons. The molecule has 0 spiro atoms. The van der Waals surface area contributed by atoms with Gasteiger partial charge in [-0.3, -0.25) is 0 Å². The number of aromatic nitrogens is 6. The Morgan fingerprint density at radius 3 is 0.792 bits per heavy atom. The second-order valence-electron chi connectivity index (χ2n) is 25.0. The van der Waals surface area contributed by atoms with Gasteiger partial charge in [-0.2, -0.15) is 18.4 Å². The van der Waals surface area contributed by atoms with E-state index in [1.165, 1.54) is 6.07 Å². The van der Waals surface area contributed by atoms with Gasteiger partial charge in [0.1, 0.15) is 0 Å². The molecular formula is C86H50F3N7. The van der Waals surface area contributed by atoms with Crippen molar-refractivity contribution in [2.75, 3.05) is 0 Å². The monoisotopic (exact) mass is 1240 g/mol. The van der Waals surface area contributed by atoms with E-state index in [0.717, 1.165) is 132 Å². The molecule has 0 aliphatic heterocycles. The summed E-state index contributed by atoms with van der Waals surface area (Å²) in [7, 11) is 0. The second-order valence-corrected chi connectivity index (χ2v) is 25.0. The quantitative estimate of drug-likeness (QED) is 0.157. The van der Waals surface area contributed by atoms with Crippen LogP contribution in [0.4, 0.5) is 13.2 Å². The van der Waals surface area contributed by atoms with E-state index < -0.39 is 11.7 Å². The van der Waals surface area contributed by atoms with Gasteiger partial charge >= 0.3 is 6.18 Å². The predicted octanol–water partition coefficient (Wildman–Crippen LogP) is 22.8. The van der Waals surface area contributed by atoms with Crippen molar-refractivity contribution in [1.29, 1.82) is 5.26 Å². The van der Waals surface area contributed by atoms with E-state index in [1.54, 1.807) is 18.2 Å². The molecule has 0 unspecified atom stereocenters. The Hall–Kier alpha value is -12.8. The van der Waals surface area contributed by atoms with E-state index in [4.69, 9.17) is 0 Å². The van der Waals surface area contributed by atoms with Crippen LogP contribution in [0.3, 0.4) is 0 Å². The van der Waals surface area contributed by atoms with Crippen LogP contribution in [0.1, 0.15) is 11.1 Å². The molecule has 0 fully saturated rings. The molecule has 20 rings (SSSR count). The summed E-state index contributed by atoms with van der Waals surface area (Å²) in [5.41, 5.74) is 14.6. The highest BCUT2D eigenvalue weighted by atomic mass is 19.4. The Morgan fingerprint density at radius 1 is 0.240 bits per heavy atom. The fourth-order valence-corrected chi connectivity index (χ4v) is 16.0. The molecule has 6 heterocycles. The average molecular weight is 1240 g/mol. The smallest absolute Gasteiger partial charge is 0.309 e. The third-order valence-electron chi connectivity index (χ3n) is 20.0. The molecule has 10 heteroatoms. The topological polar surface area (TPSA) is 53.4 Å². The highest BCUT2D eigenvalue weighted by molar-refractivity contribution is 6.17. The largest absolute Gasteiger partial charge is 0.418 e. The van der Waals surface area contributed by atoms with E-state index in [2.05, 4.69) is 218 Å². The third kappa shape index (κ3) is 7.65. The van der Waals surface area contributed by atoms with Crippen molar-refractivity contribution in [3.63, 3.8) is 0 Å². The van der Waals surface area contributed by atoms with Crippen molar-refractivity contribution in [1.82, 2.24) is 27.4 Å². The molecule has 0 bridgehead atoms. The van der Waals surface area contributed by atoms with Crippen molar-refractivity contribution in [3.8, 4) is 51.3 Å². The first kappa shape index (κ1) is 53.8. The maximum Gasteiger partial charge on any atom is 0.418 e. The normalized spacial score (nSPS) is 12.3. The highest BCUT2D eigenvalue weighted by Crippen LogP contribution is 2.48. The van der Waals surface area contributed by atoms with Crippen LogP contribution in [-0.4, -0.2) is 27.4 Å². The van der Waals surface area contributed by atoms with E-state index in [9.17, 15) is 5.26 Å². The number of hydrogen-bond acceptors (Lipinski definition) is 1. The molecule has 0 aliphatic rings. The van der Waals surface area contributed by atoms with Crippen LogP contribution in [0.15, 0.2) is 303 Å². The molecule has 96 heavy (non-hydrogen) atoms. The molecule has 20 aromatic rings. The summed E-state index contributed by atoms with van der Waals surface area (Å²) in [5.74, 6) is 0. The minimum atomic E-state index is -4.93. The summed E-state index contributed by atoms with van der Waals surface area (Å²) in [4.78, 5) is 0. The van der Waals surface area contributed by atoms with E-state index in [-0.39, 0.29) is 11.4 Å². The minimum absolute atomic E-state index is 0.0694. The summed E-state index contributed by atoms with van der Waals surface area (Å²) in [6, 6.07) is 104. The van der Waals surface area contributed by atoms with Gasteiger partial charge in [0.25, 0.3) is 0 Å². The molecule has 450 valence electrons. The molecule has 14 aromatic carbocycles. The molecule has 0 N–H and O–H groups in total. The molecule has 6 aromatic heterocycles. The summed E-state index contributed by atoms with van der Waals surface area (Å²) in [6.07, 6.45) is -4.93. The van der Waals surface area contributed by atoms with Crippen LogP contribution in [0.25, 0.3) is 176 Å². The van der Waals surface area contributed by atoms with E-state index >= 15 is 13.2 Å². The summed E-state index contributed by atoms with van der Waals surface area (Å²) in [5, 5.41) is 22.6. The van der Waals surface area contributed by atoms with E-state index in [1.807, 2.05) is 94.1 Å². The third-order valence-corrected chi connectivity index (χ3v) is 20.0. The Bertz CT molecular complexity index is 6240. The SMILES string of the molecule is N#Cc1cccc(-c2cc(-n3c4cc(-n5c6ccccc6c6ccccc65)ccc4c4ccc(-n5c6ccccc6c6ccccc65)cc43)c(C(F)(F)F)cc2-n2c3cc(-n4c5ccccc5c5ccccc54)ccc3c3ccc(-n4c5ccccc5c5ccccc54)cc32)c1. The van der Waals surface area contributed by atoms with Crippen molar-refractivity contribution in [2.24, 2.45) is 0 Å². The van der Waals surface area contributed by atoms with Gasteiger partial charge in [-0.25, -0.2) is 0 Å². The zero-order valence-electron chi connectivity index (χ0n) is 51.1. The van der Waals surface area contributed by atoms with Crippen LogP contribution in [0.2, 0.25) is 0 Å². The highest BCUT2D eigenvalue weighted by Gasteiger charge is 2.37. The number of halogens is 3. The number of benzene rings is 14. The van der Waals surface area contributed by atoms with Gasteiger partial charge in [-0.05, 0) is 127 Å². The number of para-hydroxylation sites is 8. The van der Waals surface area contributed by atoms with Gasteiger partial charge in [-0.15, -0.1) is 0 Å². The fraction of sp³-hybridized carbons (Fsp3) is 0.0116. The predicted molar refractivity (Wildman–Crippen MR) is 388 cm³/mol. The summed E-state index contributed by atoms with van der Waals surface area (Å²) < 4.78 is 65.8. The number of alkyl halides is 3. The summed E-state index contributed by atoms with van der Waals surface area (Å²) in [6.45, 7) is 0. The lowest BCUT2D eigenvalue weighted by atomic mass is 9.97. The maximum absolute atomic E-state index is 17.7. The lowest BCUT2D eigenvalue weighted by molar-refractivity contribution is -0.137. The zero-order valence-corrected chi connectivity index (χ0v) is 51.1. The Morgan fingerprint density at radius 2 is 0.510 bits per heavy atom. The van der Waals surface area contributed by atoms with Crippen LogP contribution < -0.4 is 0 Å². The zero-order chi connectivity index (χ0) is 63.7. The average Bonchev–Trinajstić information content (AvgIpc) is 1.61. The fourth-order valence-electron chi connectivity index (χ4n) is 16.0. The van der Waals surface area contributed by atoms with Gasteiger partial charge in [0, 0.05) is 92.9 Å². The molecule has 0 saturated carbocycles. The van der Waals surface area contributed by atoms with Crippen LogP contribution >= 0.6 is 0 Å². The van der Waals surface area contributed by atoms with Crippen LogP contribution in [0.5, 0.6) is 0 Å². The minimum Gasteiger partial charge on any atom is -0.309 e. The second kappa shape index (κ2) is 20.1. The van der Waals surface area contributed by atoms with E-state index in [0.29, 0.717) is 38.8 Å². The molecule has 0 amide bonds. The van der Waals surface area contributed by atoms with Gasteiger partial charge in [0.15, 0.2) is 0 Å². The van der Waals surface area contributed by atoms with Gasteiger partial charge < -0.3 is 27.4 Å². The molecule has 7 nitrogen and oxygen atoms in total. The van der Waals surface area contributed by atoms with Gasteiger partial charge in [0.2, 0.25) is 0 Å². The van der Waals surface area contributed by atoms with Crippen molar-refractivity contribution >= 4 is 131 Å². The lowest BCUT2D eigenvalue weighted by Crippen LogP contribution is -2.13. The molecular weight excluding hydrogens is 1190 g/mol. The lowest BCUT2D eigenvalue weighted by Gasteiger charge is -2.23. The first-order valence-corrected chi connectivity index (χ1v) is 32.1. The van der Waals surface area contributed by atoms with Crippen LogP contribution in [-0.2, 0) is 6.18 Å². The number of fused-ring (bicyclic) bond motifs is 18. The summed E-state index contributed by atoms with van der Waals surface area (Å²) >= 11 is 0. The molecule has 0 aliphatic carbocycles. The Labute approximate surface area is 545 Å². The first-order valence-electron chi connectivity index (χ1n) is 32.1. The van der Waals surface area contributed by atoms with Crippen LogP contribution in [0, 0.1) is 11.3 Å². The molecule has 0 saturated heterocycles. The van der Waals surface area contributed by atoms with Crippen molar-refractivity contribution in [3.05, 3.63) is 314 Å². The Balaban J connectivity index is 0.931. The van der Waals surface area contributed by atoms with Gasteiger partial charge in [-0.1, -0.05) is 182 Å². The Kier molecular flexibility index (Phi) is 11.3. The van der Waals surface area contributed by atoms with Crippen molar-refractivity contribution in [2.45, 2.75) is 6.18 Å². The number of hydrogen-bond donors (Lipinski definition) is 0. The van der Waals surface area contributed by atoms with Gasteiger partial charge in [0.05, 0.1) is 94.8 Å². The number of nitrogens with zero attached hydrogens (tertiary/aromatic N) is 7. The van der Waals surface area contributed by atoms with Crippen molar-refractivity contribution < 1.29 is 13.2 Å². The number of rotatable bonds is 7. The number of nitriles is 1. The first-order chi connectivity index (χ1) is 47.2. The standard InChI is InChI=1S/C86H50F3N7/c87-86(88,89)71-50-84(95-80-45-54(91-72-28-9-1-20-58(72)59-21-2-10-29-73(59)91)36-40-66(80)67-41-37-55(46-81(67)95)92-74-30-11-3-22-60(74)61-23-4-12-31-75(61)92)70(53-19-17-18-52(44-53)51-90)49-85(71)96-82-47-56(93-76-32-13-5-24-62(76)63-25-6-14-33-77(63)93)38-42-68(82)69-43-39-57(48-83(69)96)94-78-34-15-7-26-64(78)65-27-8-16-35-79(65)94/h1-50H.